The molecule has 3 rings (SSSR count). The van der Waals surface area contributed by atoms with Crippen LogP contribution in [0.4, 0.5) is 22.1 Å². The van der Waals surface area contributed by atoms with Crippen molar-refractivity contribution in [3.8, 4) is 17.2 Å². The highest BCUT2D eigenvalue weighted by Crippen LogP contribution is 2.40. The number of rotatable bonds is 7. The quantitative estimate of drug-likeness (QED) is 0.489. The number of anilines is 3. The van der Waals surface area contributed by atoms with E-state index in [9.17, 15) is 4.79 Å². The van der Waals surface area contributed by atoms with Crippen molar-refractivity contribution in [2.24, 2.45) is 0 Å². The largest absolute Gasteiger partial charge is 0.493 e. The summed E-state index contributed by atoms with van der Waals surface area (Å²) in [6, 6.07) is 6.53. The Balaban J connectivity index is 1.84. The minimum absolute atomic E-state index is 0.361. The molecule has 0 unspecified atom stereocenters. The smallest absolute Gasteiger partial charge is 0.332 e. The number of fused-ring (bicyclic) bond motifs is 1. The van der Waals surface area contributed by atoms with Crippen molar-refractivity contribution in [1.29, 1.82) is 0 Å². The van der Waals surface area contributed by atoms with Crippen LogP contribution in [0.1, 0.15) is 6.92 Å². The number of carbonyl (C=O) groups is 1. The summed E-state index contributed by atoms with van der Waals surface area (Å²) >= 11 is 4.06. The third-order valence-electron chi connectivity index (χ3n) is 4.11. The highest BCUT2D eigenvalue weighted by atomic mass is 32.1. The van der Waals surface area contributed by atoms with Crippen molar-refractivity contribution in [2.45, 2.75) is 6.92 Å². The van der Waals surface area contributed by atoms with Crippen LogP contribution in [-0.2, 0) is 0 Å². The molecule has 0 aliphatic carbocycles. The van der Waals surface area contributed by atoms with E-state index in [1.54, 1.807) is 51.8 Å². The van der Waals surface area contributed by atoms with Crippen LogP contribution in [-0.4, -0.2) is 53.2 Å². The van der Waals surface area contributed by atoms with Gasteiger partial charge in [0.05, 0.1) is 27.5 Å². The number of nitrogens with zero attached hydrogens (tertiary/aromatic N) is 4. The zero-order valence-corrected chi connectivity index (χ0v) is 17.9. The van der Waals surface area contributed by atoms with Gasteiger partial charge in [-0.25, -0.2) is 19.7 Å². The van der Waals surface area contributed by atoms with E-state index >= 15 is 0 Å². The van der Waals surface area contributed by atoms with Crippen molar-refractivity contribution in [3.05, 3.63) is 30.5 Å². The number of hydrogen-bond donors (Lipinski definition) is 3. The van der Waals surface area contributed by atoms with Gasteiger partial charge in [-0.05, 0) is 19.1 Å². The second kappa shape index (κ2) is 9.35. The van der Waals surface area contributed by atoms with Gasteiger partial charge in [0.25, 0.3) is 0 Å². The summed E-state index contributed by atoms with van der Waals surface area (Å²) in [7, 11) is 4.64. The monoisotopic (exact) mass is 430 g/mol. The van der Waals surface area contributed by atoms with Crippen LogP contribution < -0.4 is 24.8 Å². The molecule has 0 aliphatic rings. The zero-order chi connectivity index (χ0) is 21.7. The Kier molecular flexibility index (Phi) is 6.62. The molecule has 158 valence electrons. The molecule has 0 saturated carbocycles. The molecular formula is C19H22N6O4S. The van der Waals surface area contributed by atoms with Gasteiger partial charge in [-0.2, -0.15) is 0 Å². The molecule has 0 bridgehead atoms. The van der Waals surface area contributed by atoms with Gasteiger partial charge in [0.15, 0.2) is 17.1 Å². The Morgan fingerprint density at radius 3 is 2.37 bits per heavy atom. The van der Waals surface area contributed by atoms with Crippen molar-refractivity contribution in [1.82, 2.24) is 19.3 Å². The van der Waals surface area contributed by atoms with E-state index in [-0.39, 0.29) is 6.03 Å². The number of urea groups is 1. The topological polar surface area (TPSA) is 111 Å². The van der Waals surface area contributed by atoms with Crippen LogP contribution in [0.25, 0.3) is 11.2 Å². The van der Waals surface area contributed by atoms with Crippen LogP contribution in [0, 0.1) is 0 Å². The van der Waals surface area contributed by atoms with Crippen molar-refractivity contribution in [2.75, 3.05) is 38.5 Å². The van der Waals surface area contributed by atoms with E-state index in [1.165, 1.54) is 4.31 Å². The predicted octanol–water partition coefficient (Wildman–Crippen LogP) is 3.49. The third kappa shape index (κ3) is 4.57. The van der Waals surface area contributed by atoms with Gasteiger partial charge in [-0.1, -0.05) is 12.8 Å². The van der Waals surface area contributed by atoms with Gasteiger partial charge in [-0.15, -0.1) is 0 Å². The molecule has 2 N–H and O–H groups in total. The van der Waals surface area contributed by atoms with Crippen molar-refractivity contribution >= 4 is 47.3 Å². The number of methoxy groups -OCH3 is 3. The maximum Gasteiger partial charge on any atom is 0.332 e. The second-order valence-electron chi connectivity index (χ2n) is 5.98. The minimum atomic E-state index is -0.374. The molecule has 0 atom stereocenters. The first-order chi connectivity index (χ1) is 14.5. The summed E-state index contributed by atoms with van der Waals surface area (Å²) in [4.78, 5) is 25.0. The average molecular weight is 430 g/mol. The average Bonchev–Trinajstić information content (AvgIpc) is 2.77. The highest BCUT2D eigenvalue weighted by Gasteiger charge is 2.14. The zero-order valence-electron chi connectivity index (χ0n) is 17.0. The number of hydrogen-bond acceptors (Lipinski definition) is 9. The molecule has 11 heteroatoms. The maximum absolute atomic E-state index is 11.9. The first-order valence-electron chi connectivity index (χ1n) is 8.97. The van der Waals surface area contributed by atoms with Gasteiger partial charge in [0, 0.05) is 24.4 Å². The molecule has 30 heavy (non-hydrogen) atoms. The van der Waals surface area contributed by atoms with Gasteiger partial charge in [0.2, 0.25) is 5.75 Å². The van der Waals surface area contributed by atoms with Crippen LogP contribution >= 0.6 is 12.8 Å². The molecule has 10 nitrogen and oxygen atoms in total. The Morgan fingerprint density at radius 1 is 1.07 bits per heavy atom. The number of ether oxygens (including phenoxy) is 3. The fourth-order valence-corrected chi connectivity index (χ4v) is 2.70. The van der Waals surface area contributed by atoms with Gasteiger partial charge < -0.3 is 19.5 Å². The van der Waals surface area contributed by atoms with Crippen LogP contribution in [0.15, 0.2) is 30.5 Å². The molecule has 2 amide bonds. The number of amides is 2. The van der Waals surface area contributed by atoms with Gasteiger partial charge in [0.1, 0.15) is 17.2 Å². The van der Waals surface area contributed by atoms with Crippen molar-refractivity contribution in [3.63, 3.8) is 0 Å². The van der Waals surface area contributed by atoms with Gasteiger partial charge in [-0.3, -0.25) is 9.62 Å². The predicted molar refractivity (Wildman–Crippen MR) is 117 cm³/mol. The minimum Gasteiger partial charge on any atom is -0.493 e. The van der Waals surface area contributed by atoms with Crippen molar-refractivity contribution < 1.29 is 19.0 Å². The number of pyridine rings is 1. The first kappa shape index (κ1) is 21.2. The molecule has 0 aliphatic heterocycles. The van der Waals surface area contributed by atoms with Crippen LogP contribution in [0.2, 0.25) is 0 Å². The summed E-state index contributed by atoms with van der Waals surface area (Å²) in [6.45, 7) is 2.27. The lowest BCUT2D eigenvalue weighted by atomic mass is 10.2. The number of thiol groups is 1. The van der Waals surface area contributed by atoms with E-state index in [0.717, 1.165) is 0 Å². The van der Waals surface area contributed by atoms with Crippen LogP contribution in [0.3, 0.4) is 0 Å². The SMILES string of the molecule is CCN(S)C(=O)Nc1ccc2nc(Nc3cc(OC)c(OC)c(OC)c3)cnc2n1. The summed E-state index contributed by atoms with van der Waals surface area (Å²) < 4.78 is 17.3. The molecule has 0 saturated heterocycles. The molecule has 0 spiro atoms. The Morgan fingerprint density at radius 2 is 1.77 bits per heavy atom. The molecule has 2 heterocycles. The Bertz CT molecular complexity index is 1040. The second-order valence-corrected chi connectivity index (χ2v) is 6.46. The van der Waals surface area contributed by atoms with E-state index in [4.69, 9.17) is 14.2 Å². The molecule has 3 aromatic rings. The Hall–Kier alpha value is -3.47. The number of nitrogens with one attached hydrogen (secondary N) is 2. The van der Waals surface area contributed by atoms with E-state index in [0.29, 0.717) is 52.3 Å². The molecule has 1 aromatic carbocycles. The van der Waals surface area contributed by atoms with E-state index in [1.807, 2.05) is 6.92 Å². The fraction of sp³-hybridized carbons (Fsp3) is 0.263. The van der Waals surface area contributed by atoms with E-state index < -0.39 is 0 Å². The molecular weight excluding hydrogens is 408 g/mol. The van der Waals surface area contributed by atoms with E-state index in [2.05, 4.69) is 38.4 Å². The lowest BCUT2D eigenvalue weighted by Gasteiger charge is -2.15. The summed E-state index contributed by atoms with van der Waals surface area (Å²) in [5, 5.41) is 5.81. The standard InChI is InChI=1S/C19H22N6O4S/c1-5-25(30)19(26)24-15-7-6-12-18(23-15)20-10-16(22-12)21-11-8-13(27-2)17(29-4)14(9-11)28-3/h6-10,30H,5H2,1-4H3,(H,21,22)(H,20,23,24,26). The number of aromatic nitrogens is 3. The number of carbonyl (C=O) groups excluding carboxylic acids is 1. The van der Waals surface area contributed by atoms with Gasteiger partial charge >= 0.3 is 6.03 Å². The summed E-state index contributed by atoms with van der Waals surface area (Å²) in [6.07, 6.45) is 1.54. The Labute approximate surface area is 179 Å². The lowest BCUT2D eigenvalue weighted by Crippen LogP contribution is -2.27. The molecule has 0 fully saturated rings. The number of benzene rings is 1. The first-order valence-corrected chi connectivity index (χ1v) is 9.37. The lowest BCUT2D eigenvalue weighted by molar-refractivity contribution is 0.240. The normalized spacial score (nSPS) is 10.4. The molecule has 0 radical (unpaired) electrons. The maximum atomic E-state index is 11.9. The third-order valence-corrected chi connectivity index (χ3v) is 4.58. The highest BCUT2D eigenvalue weighted by molar-refractivity contribution is 7.78. The summed E-state index contributed by atoms with van der Waals surface area (Å²) in [5.74, 6) is 2.39. The summed E-state index contributed by atoms with van der Waals surface area (Å²) in [5.41, 5.74) is 1.64. The van der Waals surface area contributed by atoms with Crippen LogP contribution in [0.5, 0.6) is 17.2 Å². The fourth-order valence-electron chi connectivity index (χ4n) is 2.65. The molecule has 2 aromatic heterocycles.